The zero-order valence-electron chi connectivity index (χ0n) is 14.4. The third-order valence-corrected chi connectivity index (χ3v) is 6.12. The highest BCUT2D eigenvalue weighted by Crippen LogP contribution is 2.27. The van der Waals surface area contributed by atoms with Crippen LogP contribution in [0.25, 0.3) is 6.08 Å². The quantitative estimate of drug-likeness (QED) is 0.262. The van der Waals surface area contributed by atoms with Gasteiger partial charge in [0.25, 0.3) is 0 Å². The lowest BCUT2D eigenvalue weighted by Crippen LogP contribution is -2.00. The van der Waals surface area contributed by atoms with Gasteiger partial charge in [-0.3, -0.25) is 4.79 Å². The predicted molar refractivity (Wildman–Crippen MR) is 117 cm³/mol. The predicted octanol–water partition coefficient (Wildman–Crippen LogP) is 6.76. The maximum atomic E-state index is 12.2. The molecule has 0 atom stereocenters. The molecule has 1 aromatic heterocycles. The minimum absolute atomic E-state index is 0.0208. The molecule has 138 valence electrons. The van der Waals surface area contributed by atoms with Gasteiger partial charge in [0.15, 0.2) is 5.78 Å². The third kappa shape index (κ3) is 5.31. The van der Waals surface area contributed by atoms with Crippen molar-refractivity contribution in [3.8, 4) is 11.5 Å². The molecule has 0 aliphatic rings. The minimum atomic E-state index is -0.0208. The topological polar surface area (TPSA) is 35.5 Å². The van der Waals surface area contributed by atoms with Gasteiger partial charge < -0.3 is 9.47 Å². The third-order valence-electron chi connectivity index (χ3n) is 3.76. The zero-order chi connectivity index (χ0) is 19.2. The number of ketones is 1. The number of carbonyl (C=O) groups excluding carboxylic acids is 1. The lowest BCUT2D eigenvalue weighted by molar-refractivity contribution is 0.105. The van der Waals surface area contributed by atoms with Crippen LogP contribution in [-0.4, -0.2) is 12.9 Å². The van der Waals surface area contributed by atoms with Crippen molar-refractivity contribution < 1.29 is 14.3 Å². The molecule has 0 fully saturated rings. The number of halogens is 2. The first-order valence-electron chi connectivity index (χ1n) is 8.07. The average molecular weight is 508 g/mol. The summed E-state index contributed by atoms with van der Waals surface area (Å²) in [4.78, 5) is 12.9. The average Bonchev–Trinajstić information content (AvgIpc) is 3.12. The van der Waals surface area contributed by atoms with E-state index >= 15 is 0 Å². The zero-order valence-corrected chi connectivity index (χ0v) is 18.4. The Morgan fingerprint density at radius 2 is 1.93 bits per heavy atom. The molecule has 2 aromatic carbocycles. The molecule has 0 bridgehead atoms. The molecule has 27 heavy (non-hydrogen) atoms. The lowest BCUT2D eigenvalue weighted by Gasteiger charge is -2.12. The minimum Gasteiger partial charge on any atom is -0.496 e. The second-order valence-corrected chi connectivity index (χ2v) is 8.30. The Hall–Kier alpha value is -1.89. The smallest absolute Gasteiger partial charge is 0.195 e. The van der Waals surface area contributed by atoms with E-state index in [0.717, 1.165) is 31.6 Å². The Morgan fingerprint density at radius 3 is 2.63 bits per heavy atom. The van der Waals surface area contributed by atoms with E-state index in [2.05, 4.69) is 31.9 Å². The van der Waals surface area contributed by atoms with Gasteiger partial charge in [-0.2, -0.15) is 0 Å². The van der Waals surface area contributed by atoms with E-state index in [9.17, 15) is 4.79 Å². The molecule has 0 unspecified atom stereocenters. The van der Waals surface area contributed by atoms with Gasteiger partial charge in [0.1, 0.15) is 18.1 Å². The number of carbonyl (C=O) groups is 1. The highest BCUT2D eigenvalue weighted by atomic mass is 79.9. The maximum absolute atomic E-state index is 12.2. The number of thiophene rings is 1. The molecule has 0 radical (unpaired) electrons. The fraction of sp³-hybridized carbons (Fsp3) is 0.0952. The highest BCUT2D eigenvalue weighted by molar-refractivity contribution is 9.10. The normalized spacial score (nSPS) is 10.9. The summed E-state index contributed by atoms with van der Waals surface area (Å²) < 4.78 is 13.1. The van der Waals surface area contributed by atoms with Crippen LogP contribution in [-0.2, 0) is 6.61 Å². The van der Waals surface area contributed by atoms with E-state index in [1.807, 2.05) is 53.9 Å². The first-order chi connectivity index (χ1) is 13.1. The molecular weight excluding hydrogens is 492 g/mol. The van der Waals surface area contributed by atoms with E-state index in [-0.39, 0.29) is 5.78 Å². The molecule has 0 amide bonds. The van der Waals surface area contributed by atoms with Crippen LogP contribution in [0.3, 0.4) is 0 Å². The van der Waals surface area contributed by atoms with Crippen LogP contribution in [0.5, 0.6) is 11.5 Å². The van der Waals surface area contributed by atoms with Crippen molar-refractivity contribution in [3.63, 3.8) is 0 Å². The molecule has 0 saturated carbocycles. The summed E-state index contributed by atoms with van der Waals surface area (Å²) in [5, 5.41) is 1.89. The second kappa shape index (κ2) is 9.35. The molecule has 0 aliphatic carbocycles. The van der Waals surface area contributed by atoms with Crippen LogP contribution in [0, 0.1) is 0 Å². The maximum Gasteiger partial charge on any atom is 0.195 e. The van der Waals surface area contributed by atoms with Crippen molar-refractivity contribution in [2.75, 3.05) is 7.11 Å². The molecule has 1 heterocycles. The van der Waals surface area contributed by atoms with Crippen molar-refractivity contribution in [2.24, 2.45) is 0 Å². The number of hydrogen-bond acceptors (Lipinski definition) is 4. The summed E-state index contributed by atoms with van der Waals surface area (Å²) in [5.41, 5.74) is 1.81. The molecule has 6 heteroatoms. The van der Waals surface area contributed by atoms with Crippen molar-refractivity contribution in [1.29, 1.82) is 0 Å². The molecule has 3 aromatic rings. The first-order valence-corrected chi connectivity index (χ1v) is 10.5. The van der Waals surface area contributed by atoms with Crippen LogP contribution in [0.2, 0.25) is 0 Å². The molecule has 3 rings (SSSR count). The van der Waals surface area contributed by atoms with Crippen LogP contribution >= 0.6 is 43.2 Å². The molecular formula is C21H16Br2O3S. The van der Waals surface area contributed by atoms with Crippen molar-refractivity contribution >= 4 is 55.1 Å². The van der Waals surface area contributed by atoms with Gasteiger partial charge in [0.05, 0.1) is 16.5 Å². The summed E-state index contributed by atoms with van der Waals surface area (Å²) in [6, 6.07) is 15.3. The Balaban J connectivity index is 1.75. The fourth-order valence-electron chi connectivity index (χ4n) is 2.43. The molecule has 3 nitrogen and oxygen atoms in total. The van der Waals surface area contributed by atoms with Crippen LogP contribution in [0.1, 0.15) is 20.8 Å². The van der Waals surface area contributed by atoms with Crippen LogP contribution in [0.4, 0.5) is 0 Å². The van der Waals surface area contributed by atoms with Gasteiger partial charge in [0.2, 0.25) is 0 Å². The summed E-state index contributed by atoms with van der Waals surface area (Å²) in [6.07, 6.45) is 3.38. The summed E-state index contributed by atoms with van der Waals surface area (Å²) >= 11 is 8.26. The van der Waals surface area contributed by atoms with Crippen LogP contribution < -0.4 is 9.47 Å². The van der Waals surface area contributed by atoms with Gasteiger partial charge in [-0.1, -0.05) is 24.3 Å². The molecule has 0 spiro atoms. The van der Waals surface area contributed by atoms with E-state index in [1.165, 1.54) is 11.3 Å². The first kappa shape index (κ1) is 19.9. The van der Waals surface area contributed by atoms with E-state index in [1.54, 1.807) is 19.3 Å². The number of methoxy groups -OCH3 is 1. The summed E-state index contributed by atoms with van der Waals surface area (Å²) in [6.45, 7) is 0.360. The molecule has 0 aliphatic heterocycles. The van der Waals surface area contributed by atoms with Crippen molar-refractivity contribution in [3.05, 3.63) is 84.9 Å². The summed E-state index contributed by atoms with van der Waals surface area (Å²) in [5.74, 6) is 1.49. The Kier molecular flexibility index (Phi) is 6.88. The fourth-order valence-corrected chi connectivity index (χ4v) is 4.18. The monoisotopic (exact) mass is 506 g/mol. The Labute approximate surface area is 178 Å². The molecule has 0 saturated heterocycles. The lowest BCUT2D eigenvalue weighted by atomic mass is 10.1. The van der Waals surface area contributed by atoms with Crippen molar-refractivity contribution in [1.82, 2.24) is 0 Å². The SMILES string of the molecule is COc1ccc(/C=C/C(=O)c2cc(Br)cs2)cc1COc1ccccc1Br. The summed E-state index contributed by atoms with van der Waals surface area (Å²) in [7, 11) is 1.63. The van der Waals surface area contributed by atoms with Crippen molar-refractivity contribution in [2.45, 2.75) is 6.61 Å². The number of para-hydroxylation sites is 1. The van der Waals surface area contributed by atoms with Crippen LogP contribution in [0.15, 0.2) is 68.9 Å². The number of rotatable bonds is 7. The number of hydrogen-bond donors (Lipinski definition) is 0. The standard InChI is InChI=1S/C21H16Br2O3S/c1-25-19-9-7-14(6-8-18(24)21-11-16(22)13-27-21)10-15(19)12-26-20-5-3-2-4-17(20)23/h2-11,13H,12H2,1H3/b8-6+. The van der Waals surface area contributed by atoms with Gasteiger partial charge in [-0.25, -0.2) is 0 Å². The van der Waals surface area contributed by atoms with E-state index < -0.39 is 0 Å². The van der Waals surface area contributed by atoms with Gasteiger partial charge in [0, 0.05) is 15.4 Å². The Morgan fingerprint density at radius 1 is 1.11 bits per heavy atom. The number of benzene rings is 2. The van der Waals surface area contributed by atoms with Gasteiger partial charge in [-0.05, 0) is 73.8 Å². The van der Waals surface area contributed by atoms with Gasteiger partial charge in [-0.15, -0.1) is 11.3 Å². The van der Waals surface area contributed by atoms with E-state index in [0.29, 0.717) is 11.5 Å². The molecule has 0 N–H and O–H groups in total. The largest absolute Gasteiger partial charge is 0.496 e. The Bertz CT molecular complexity index is 979. The second-order valence-electron chi connectivity index (χ2n) is 5.62. The number of allylic oxidation sites excluding steroid dienone is 1. The highest BCUT2D eigenvalue weighted by Gasteiger charge is 2.08. The van der Waals surface area contributed by atoms with Gasteiger partial charge >= 0.3 is 0 Å². The number of ether oxygens (including phenoxy) is 2. The van der Waals surface area contributed by atoms with E-state index in [4.69, 9.17) is 9.47 Å².